The van der Waals surface area contributed by atoms with Gasteiger partial charge in [0.2, 0.25) is 10.0 Å². The number of nitrogens with one attached hydrogen (secondary N) is 1. The molecule has 1 unspecified atom stereocenters. The maximum Gasteiger partial charge on any atom is 0.208 e. The number of hydrogen-bond acceptors (Lipinski definition) is 4. The second kappa shape index (κ2) is 6.32. The van der Waals surface area contributed by atoms with Crippen molar-refractivity contribution in [3.8, 4) is 0 Å². The summed E-state index contributed by atoms with van der Waals surface area (Å²) in [4.78, 5) is 2.17. The Bertz CT molecular complexity index is 352. The van der Waals surface area contributed by atoms with E-state index in [1.54, 1.807) is 0 Å². The number of sulfonamides is 1. The van der Waals surface area contributed by atoms with Gasteiger partial charge in [0.15, 0.2) is 0 Å². The molecule has 0 aromatic carbocycles. The SMILES string of the molecule is CCC(O)(CC)CN1CCCC(NS(C)(=O)=O)C1. The zero-order valence-corrected chi connectivity index (χ0v) is 12.5. The Labute approximate surface area is 111 Å². The van der Waals surface area contributed by atoms with E-state index in [1.165, 1.54) is 6.26 Å². The molecule has 1 fully saturated rings. The summed E-state index contributed by atoms with van der Waals surface area (Å²) in [5.74, 6) is 0. The number of rotatable bonds is 6. The van der Waals surface area contributed by atoms with Gasteiger partial charge in [0.25, 0.3) is 0 Å². The molecule has 1 saturated heterocycles. The maximum absolute atomic E-state index is 11.2. The summed E-state index contributed by atoms with van der Waals surface area (Å²) in [6, 6.07) is -0.0216. The van der Waals surface area contributed by atoms with E-state index in [-0.39, 0.29) is 6.04 Å². The Morgan fingerprint density at radius 2 is 2.00 bits per heavy atom. The highest BCUT2D eigenvalue weighted by Gasteiger charge is 2.29. The number of piperidine rings is 1. The molecule has 6 heteroatoms. The third-order valence-corrected chi connectivity index (χ3v) is 4.48. The molecule has 1 aliphatic rings. The summed E-state index contributed by atoms with van der Waals surface area (Å²) in [5.41, 5.74) is -0.646. The summed E-state index contributed by atoms with van der Waals surface area (Å²) >= 11 is 0. The highest BCUT2D eigenvalue weighted by Crippen LogP contribution is 2.19. The Kier molecular flexibility index (Phi) is 5.58. The molecular formula is C12H26N2O3S. The van der Waals surface area contributed by atoms with Gasteiger partial charge in [-0.2, -0.15) is 0 Å². The van der Waals surface area contributed by atoms with Gasteiger partial charge in [-0.05, 0) is 32.2 Å². The molecule has 1 atom stereocenters. The quantitative estimate of drug-likeness (QED) is 0.744. The minimum atomic E-state index is -3.14. The van der Waals surface area contributed by atoms with E-state index >= 15 is 0 Å². The van der Waals surface area contributed by atoms with Gasteiger partial charge in [-0.3, -0.25) is 4.90 Å². The average molecular weight is 278 g/mol. The van der Waals surface area contributed by atoms with Crippen LogP contribution < -0.4 is 4.72 Å². The van der Waals surface area contributed by atoms with Crippen LogP contribution in [0.1, 0.15) is 39.5 Å². The summed E-state index contributed by atoms with van der Waals surface area (Å²) in [6.45, 7) is 6.22. The molecule has 2 N–H and O–H groups in total. The molecule has 0 aromatic rings. The Hall–Kier alpha value is -0.170. The monoisotopic (exact) mass is 278 g/mol. The van der Waals surface area contributed by atoms with Crippen LogP contribution in [-0.4, -0.2) is 56.0 Å². The summed E-state index contributed by atoms with van der Waals surface area (Å²) < 4.78 is 25.1. The van der Waals surface area contributed by atoms with Gasteiger partial charge < -0.3 is 5.11 Å². The lowest BCUT2D eigenvalue weighted by Crippen LogP contribution is -2.51. The van der Waals surface area contributed by atoms with Crippen LogP contribution in [0.4, 0.5) is 0 Å². The molecule has 0 spiro atoms. The fourth-order valence-electron chi connectivity index (χ4n) is 2.49. The summed E-state index contributed by atoms with van der Waals surface area (Å²) in [6.07, 6.45) is 4.49. The second-order valence-electron chi connectivity index (χ2n) is 5.40. The molecule has 0 aromatic heterocycles. The van der Waals surface area contributed by atoms with Crippen LogP contribution in [-0.2, 0) is 10.0 Å². The second-order valence-corrected chi connectivity index (χ2v) is 7.18. The number of nitrogens with zero attached hydrogens (tertiary/aromatic N) is 1. The van der Waals surface area contributed by atoms with E-state index in [4.69, 9.17) is 0 Å². The molecule has 1 rings (SSSR count). The first-order valence-electron chi connectivity index (χ1n) is 6.70. The molecule has 1 heterocycles. The van der Waals surface area contributed by atoms with E-state index in [1.807, 2.05) is 13.8 Å². The molecule has 108 valence electrons. The van der Waals surface area contributed by atoms with Crippen molar-refractivity contribution in [2.75, 3.05) is 25.9 Å². The lowest BCUT2D eigenvalue weighted by Gasteiger charge is -2.38. The standard InChI is InChI=1S/C12H26N2O3S/c1-4-12(15,5-2)10-14-8-6-7-11(9-14)13-18(3,16)17/h11,13,15H,4-10H2,1-3H3. The normalized spacial score (nSPS) is 23.2. The van der Waals surface area contributed by atoms with Gasteiger partial charge in [0.1, 0.15) is 0 Å². The predicted octanol–water partition coefficient (Wildman–Crippen LogP) is 0.551. The van der Waals surface area contributed by atoms with Crippen LogP contribution in [0.15, 0.2) is 0 Å². The number of likely N-dealkylation sites (tertiary alicyclic amines) is 1. The first-order valence-corrected chi connectivity index (χ1v) is 8.59. The number of aliphatic hydroxyl groups is 1. The molecule has 5 nitrogen and oxygen atoms in total. The summed E-state index contributed by atoms with van der Waals surface area (Å²) in [5, 5.41) is 10.3. The fraction of sp³-hybridized carbons (Fsp3) is 1.00. The van der Waals surface area contributed by atoms with Crippen LogP contribution in [0.5, 0.6) is 0 Å². The molecule has 0 aliphatic carbocycles. The van der Waals surface area contributed by atoms with Crippen molar-refractivity contribution in [1.29, 1.82) is 0 Å². The smallest absolute Gasteiger partial charge is 0.208 e. The Balaban J connectivity index is 2.54. The van der Waals surface area contributed by atoms with Gasteiger partial charge in [0, 0.05) is 19.1 Å². The van der Waals surface area contributed by atoms with Gasteiger partial charge in [0.05, 0.1) is 11.9 Å². The predicted molar refractivity (Wildman–Crippen MR) is 73.0 cm³/mol. The minimum absolute atomic E-state index is 0.0216. The molecular weight excluding hydrogens is 252 g/mol. The van der Waals surface area contributed by atoms with Crippen molar-refractivity contribution < 1.29 is 13.5 Å². The van der Waals surface area contributed by atoms with E-state index in [9.17, 15) is 13.5 Å². The molecule has 0 saturated carbocycles. The molecule has 0 bridgehead atoms. The van der Waals surface area contributed by atoms with Crippen molar-refractivity contribution in [1.82, 2.24) is 9.62 Å². The lowest BCUT2D eigenvalue weighted by atomic mass is 9.95. The summed E-state index contributed by atoms with van der Waals surface area (Å²) in [7, 11) is -3.14. The minimum Gasteiger partial charge on any atom is -0.389 e. The van der Waals surface area contributed by atoms with Crippen LogP contribution >= 0.6 is 0 Å². The van der Waals surface area contributed by atoms with Crippen LogP contribution in [0.2, 0.25) is 0 Å². The zero-order valence-electron chi connectivity index (χ0n) is 11.6. The van der Waals surface area contributed by atoms with E-state index in [0.717, 1.165) is 32.2 Å². The van der Waals surface area contributed by atoms with Gasteiger partial charge >= 0.3 is 0 Å². The first-order chi connectivity index (χ1) is 8.28. The number of β-amino-alcohol motifs (C(OH)–C–C–N with tert-alkyl or cyclic N) is 1. The highest BCUT2D eigenvalue weighted by atomic mass is 32.2. The first kappa shape index (κ1) is 15.9. The maximum atomic E-state index is 11.2. The highest BCUT2D eigenvalue weighted by molar-refractivity contribution is 7.88. The largest absolute Gasteiger partial charge is 0.389 e. The van der Waals surface area contributed by atoms with Crippen LogP contribution in [0.25, 0.3) is 0 Å². The van der Waals surface area contributed by atoms with Crippen molar-refractivity contribution in [2.45, 2.75) is 51.2 Å². The van der Waals surface area contributed by atoms with E-state index in [2.05, 4.69) is 9.62 Å². The third kappa shape index (κ3) is 5.22. The fourth-order valence-corrected chi connectivity index (χ4v) is 3.29. The number of hydrogen-bond donors (Lipinski definition) is 2. The van der Waals surface area contributed by atoms with Gasteiger partial charge in [-0.1, -0.05) is 13.8 Å². The molecule has 0 radical (unpaired) electrons. The van der Waals surface area contributed by atoms with Crippen molar-refractivity contribution in [3.05, 3.63) is 0 Å². The lowest BCUT2D eigenvalue weighted by molar-refractivity contribution is -0.0100. The van der Waals surface area contributed by atoms with Gasteiger partial charge in [-0.25, -0.2) is 13.1 Å². The average Bonchev–Trinajstić information content (AvgIpc) is 2.27. The Morgan fingerprint density at radius 3 is 2.50 bits per heavy atom. The van der Waals surface area contributed by atoms with Crippen molar-refractivity contribution >= 4 is 10.0 Å². The molecule has 1 aliphatic heterocycles. The van der Waals surface area contributed by atoms with Crippen LogP contribution in [0, 0.1) is 0 Å². The third-order valence-electron chi connectivity index (χ3n) is 3.72. The van der Waals surface area contributed by atoms with Crippen LogP contribution in [0.3, 0.4) is 0 Å². The topological polar surface area (TPSA) is 69.6 Å². The Morgan fingerprint density at radius 1 is 1.39 bits per heavy atom. The zero-order chi connectivity index (χ0) is 13.8. The molecule has 0 amide bonds. The molecule has 18 heavy (non-hydrogen) atoms. The van der Waals surface area contributed by atoms with Crippen molar-refractivity contribution in [3.63, 3.8) is 0 Å². The van der Waals surface area contributed by atoms with E-state index in [0.29, 0.717) is 13.1 Å². The van der Waals surface area contributed by atoms with Crippen molar-refractivity contribution in [2.24, 2.45) is 0 Å². The van der Waals surface area contributed by atoms with Gasteiger partial charge in [-0.15, -0.1) is 0 Å². The van der Waals surface area contributed by atoms with E-state index < -0.39 is 15.6 Å².